The Hall–Kier alpha value is -0.540. The van der Waals surface area contributed by atoms with Crippen molar-refractivity contribution in [2.45, 2.75) is 59.0 Å². The third-order valence-electron chi connectivity index (χ3n) is 5.17. The van der Waals surface area contributed by atoms with E-state index in [1.807, 2.05) is 0 Å². The van der Waals surface area contributed by atoms with E-state index in [2.05, 4.69) is 79.0 Å². The van der Waals surface area contributed by atoms with Gasteiger partial charge in [0.25, 0.3) is 0 Å². The van der Waals surface area contributed by atoms with Crippen molar-refractivity contribution in [3.8, 4) is 0 Å². The molecule has 1 aliphatic rings. The van der Waals surface area contributed by atoms with Crippen LogP contribution < -0.4 is 10.2 Å². The van der Waals surface area contributed by atoms with Gasteiger partial charge in [-0.3, -0.25) is 0 Å². The third-order valence-corrected chi connectivity index (χ3v) is 6.02. The van der Waals surface area contributed by atoms with Gasteiger partial charge in [0.1, 0.15) is 0 Å². The molecular weight excluding hydrogens is 324 g/mol. The topological polar surface area (TPSA) is 15.3 Å². The Labute approximate surface area is 138 Å². The highest BCUT2D eigenvalue weighted by Gasteiger charge is 2.37. The highest BCUT2D eigenvalue weighted by molar-refractivity contribution is 9.10. The Morgan fingerprint density at radius 1 is 1.33 bits per heavy atom. The summed E-state index contributed by atoms with van der Waals surface area (Å²) in [6.45, 7) is 13.6. The molecule has 1 saturated heterocycles. The summed E-state index contributed by atoms with van der Waals surface area (Å²) in [5, 5.41) is 3.84. The first-order valence-corrected chi connectivity index (χ1v) is 8.99. The smallest absolute Gasteiger partial charge is 0.0438 e. The second-order valence-electron chi connectivity index (χ2n) is 6.74. The first-order valence-electron chi connectivity index (χ1n) is 8.20. The van der Waals surface area contributed by atoms with Crippen LogP contribution in [0.25, 0.3) is 0 Å². The highest BCUT2D eigenvalue weighted by atomic mass is 79.9. The summed E-state index contributed by atoms with van der Waals surface area (Å²) >= 11 is 3.69. The molecule has 1 unspecified atom stereocenters. The van der Waals surface area contributed by atoms with Crippen molar-refractivity contribution in [3.63, 3.8) is 0 Å². The number of nitrogens with one attached hydrogen (secondary N) is 1. The molecule has 1 aliphatic heterocycles. The SMILES string of the molecule is CCC1(CC)CN(c2ccc(C)c(Br)c2)C(C(C)C)CN1. The lowest BCUT2D eigenvalue weighted by Crippen LogP contribution is -2.65. The van der Waals surface area contributed by atoms with Gasteiger partial charge in [0, 0.05) is 34.8 Å². The van der Waals surface area contributed by atoms with Gasteiger partial charge in [-0.1, -0.05) is 49.7 Å². The highest BCUT2D eigenvalue weighted by Crippen LogP contribution is 2.32. The maximum absolute atomic E-state index is 3.84. The normalized spacial score (nSPS) is 21.9. The molecule has 1 aromatic carbocycles. The van der Waals surface area contributed by atoms with Crippen LogP contribution in [0.2, 0.25) is 0 Å². The third kappa shape index (κ3) is 3.45. The van der Waals surface area contributed by atoms with Gasteiger partial charge >= 0.3 is 0 Å². The lowest BCUT2D eigenvalue weighted by atomic mass is 9.86. The zero-order valence-electron chi connectivity index (χ0n) is 14.0. The second kappa shape index (κ2) is 6.70. The van der Waals surface area contributed by atoms with Crippen molar-refractivity contribution in [2.24, 2.45) is 5.92 Å². The summed E-state index contributed by atoms with van der Waals surface area (Å²) in [4.78, 5) is 2.62. The molecule has 0 spiro atoms. The predicted molar refractivity (Wildman–Crippen MR) is 96.2 cm³/mol. The zero-order chi connectivity index (χ0) is 15.6. The molecule has 118 valence electrons. The van der Waals surface area contributed by atoms with Crippen LogP contribution in [0.15, 0.2) is 22.7 Å². The number of hydrogen-bond acceptors (Lipinski definition) is 2. The average Bonchev–Trinajstić information content (AvgIpc) is 2.49. The Balaban J connectivity index is 2.35. The molecule has 1 N–H and O–H groups in total. The van der Waals surface area contributed by atoms with Gasteiger partial charge in [0.2, 0.25) is 0 Å². The van der Waals surface area contributed by atoms with Crippen LogP contribution in [0.4, 0.5) is 5.69 Å². The van der Waals surface area contributed by atoms with Crippen molar-refractivity contribution in [1.82, 2.24) is 5.32 Å². The standard InChI is InChI=1S/C18H29BrN2/c1-6-18(7-2)12-21(17(11-20-18)13(3)4)15-9-8-14(5)16(19)10-15/h8-10,13,17,20H,6-7,11-12H2,1-5H3. The molecule has 2 rings (SSSR count). The second-order valence-corrected chi connectivity index (χ2v) is 7.60. The van der Waals surface area contributed by atoms with Gasteiger partial charge in [-0.15, -0.1) is 0 Å². The zero-order valence-corrected chi connectivity index (χ0v) is 15.6. The van der Waals surface area contributed by atoms with Crippen LogP contribution in [0, 0.1) is 12.8 Å². The fourth-order valence-corrected chi connectivity index (χ4v) is 3.66. The maximum atomic E-state index is 3.84. The van der Waals surface area contributed by atoms with E-state index in [-0.39, 0.29) is 5.54 Å². The minimum absolute atomic E-state index is 0.253. The molecule has 1 atom stereocenters. The quantitative estimate of drug-likeness (QED) is 0.840. The monoisotopic (exact) mass is 352 g/mol. The molecule has 1 heterocycles. The van der Waals surface area contributed by atoms with E-state index < -0.39 is 0 Å². The molecule has 1 aromatic rings. The van der Waals surface area contributed by atoms with Crippen LogP contribution in [-0.2, 0) is 0 Å². The molecule has 21 heavy (non-hydrogen) atoms. The van der Waals surface area contributed by atoms with Crippen LogP contribution in [-0.4, -0.2) is 24.7 Å². The molecule has 0 radical (unpaired) electrons. The van der Waals surface area contributed by atoms with E-state index in [1.165, 1.54) is 28.6 Å². The largest absolute Gasteiger partial charge is 0.365 e. The summed E-state index contributed by atoms with van der Waals surface area (Å²) in [6, 6.07) is 7.34. The molecule has 0 amide bonds. The van der Waals surface area contributed by atoms with Gasteiger partial charge < -0.3 is 10.2 Å². The summed E-state index contributed by atoms with van der Waals surface area (Å²) in [7, 11) is 0. The Kier molecular flexibility index (Phi) is 5.37. The fourth-order valence-electron chi connectivity index (χ4n) is 3.29. The minimum atomic E-state index is 0.253. The fraction of sp³-hybridized carbons (Fsp3) is 0.667. The molecule has 0 aliphatic carbocycles. The Morgan fingerprint density at radius 2 is 2.00 bits per heavy atom. The van der Waals surface area contributed by atoms with E-state index in [1.54, 1.807) is 0 Å². The average molecular weight is 353 g/mol. The van der Waals surface area contributed by atoms with Crippen molar-refractivity contribution in [1.29, 1.82) is 0 Å². The first kappa shape index (κ1) is 16.8. The summed E-state index contributed by atoms with van der Waals surface area (Å²) in [5.41, 5.74) is 2.90. The molecular formula is C18H29BrN2. The Bertz CT molecular complexity index is 480. The number of halogens is 1. The predicted octanol–water partition coefficient (Wildman–Crippen LogP) is 4.75. The lowest BCUT2D eigenvalue weighted by Gasteiger charge is -2.50. The van der Waals surface area contributed by atoms with E-state index in [0.29, 0.717) is 12.0 Å². The van der Waals surface area contributed by atoms with Crippen molar-refractivity contribution in [2.75, 3.05) is 18.0 Å². The number of anilines is 1. The minimum Gasteiger partial charge on any atom is -0.365 e. The number of rotatable bonds is 4. The number of benzene rings is 1. The molecule has 0 bridgehead atoms. The number of piperazine rings is 1. The molecule has 0 aromatic heterocycles. The number of nitrogens with zero attached hydrogens (tertiary/aromatic N) is 1. The number of aryl methyl sites for hydroxylation is 1. The molecule has 1 fully saturated rings. The Morgan fingerprint density at radius 3 is 2.52 bits per heavy atom. The molecule has 3 heteroatoms. The van der Waals surface area contributed by atoms with Crippen molar-refractivity contribution < 1.29 is 0 Å². The lowest BCUT2D eigenvalue weighted by molar-refractivity contribution is 0.227. The maximum Gasteiger partial charge on any atom is 0.0438 e. The summed E-state index contributed by atoms with van der Waals surface area (Å²) in [6.07, 6.45) is 2.36. The summed E-state index contributed by atoms with van der Waals surface area (Å²) < 4.78 is 1.21. The summed E-state index contributed by atoms with van der Waals surface area (Å²) in [5.74, 6) is 0.643. The van der Waals surface area contributed by atoms with Crippen molar-refractivity contribution in [3.05, 3.63) is 28.2 Å². The first-order chi connectivity index (χ1) is 9.92. The van der Waals surface area contributed by atoms with Gasteiger partial charge in [0.05, 0.1) is 0 Å². The van der Waals surface area contributed by atoms with Crippen molar-refractivity contribution >= 4 is 21.6 Å². The van der Waals surface area contributed by atoms with E-state index in [4.69, 9.17) is 0 Å². The number of hydrogen-bond donors (Lipinski definition) is 1. The van der Waals surface area contributed by atoms with E-state index >= 15 is 0 Å². The van der Waals surface area contributed by atoms with Gasteiger partial charge in [-0.05, 0) is 43.4 Å². The van der Waals surface area contributed by atoms with Gasteiger partial charge in [0.15, 0.2) is 0 Å². The van der Waals surface area contributed by atoms with Gasteiger partial charge in [-0.25, -0.2) is 0 Å². The van der Waals surface area contributed by atoms with Crippen LogP contribution >= 0.6 is 15.9 Å². The van der Waals surface area contributed by atoms with Crippen LogP contribution in [0.5, 0.6) is 0 Å². The molecule has 2 nitrogen and oxygen atoms in total. The van der Waals surface area contributed by atoms with E-state index in [9.17, 15) is 0 Å². The molecule has 0 saturated carbocycles. The van der Waals surface area contributed by atoms with Gasteiger partial charge in [-0.2, -0.15) is 0 Å². The van der Waals surface area contributed by atoms with Crippen LogP contribution in [0.3, 0.4) is 0 Å². The van der Waals surface area contributed by atoms with E-state index in [0.717, 1.165) is 13.1 Å². The van der Waals surface area contributed by atoms with Crippen LogP contribution in [0.1, 0.15) is 46.1 Å².